The molecule has 0 aliphatic carbocycles. The number of hydrogen-bond donors (Lipinski definition) is 1. The zero-order valence-electron chi connectivity index (χ0n) is 18.2. The fourth-order valence-corrected chi connectivity index (χ4v) is 5.52. The summed E-state index contributed by atoms with van der Waals surface area (Å²) in [7, 11) is 2.16. The van der Waals surface area contributed by atoms with Crippen molar-refractivity contribution in [1.29, 1.82) is 0 Å². The summed E-state index contributed by atoms with van der Waals surface area (Å²) in [6, 6.07) is 10.9. The highest BCUT2D eigenvalue weighted by atomic mass is 32.1. The quantitative estimate of drug-likeness (QED) is 0.658. The number of piperazine rings is 1. The molecule has 2 aromatic heterocycles. The molecule has 1 atom stereocenters. The van der Waals surface area contributed by atoms with E-state index < -0.39 is 0 Å². The molecule has 0 saturated carbocycles. The number of nitrogens with one attached hydrogen (secondary N) is 1. The number of halogens is 2. The lowest BCUT2D eigenvalue weighted by Crippen LogP contribution is -2.52. The van der Waals surface area contributed by atoms with Crippen LogP contribution in [0.3, 0.4) is 0 Å². The first-order chi connectivity index (χ1) is 15.5. The lowest BCUT2D eigenvalue weighted by Gasteiger charge is -2.41. The van der Waals surface area contributed by atoms with Crippen molar-refractivity contribution in [3.63, 3.8) is 0 Å². The molecule has 1 N–H and O–H groups in total. The number of rotatable bonds is 4. The second-order valence-corrected chi connectivity index (χ2v) is 9.83. The van der Waals surface area contributed by atoms with Gasteiger partial charge in [0, 0.05) is 47.5 Å². The van der Waals surface area contributed by atoms with Gasteiger partial charge >= 0.3 is 0 Å². The van der Waals surface area contributed by atoms with Gasteiger partial charge in [0.05, 0.1) is 17.2 Å². The fraction of sp³-hybridized carbons (Fsp3) is 0.320. The zero-order valence-corrected chi connectivity index (χ0v) is 19.1. The number of fused-ring (bicyclic) bond motifs is 2. The van der Waals surface area contributed by atoms with Crippen LogP contribution < -0.4 is 15.9 Å². The minimum Gasteiger partial charge on any atom is -0.366 e. The Morgan fingerprint density at radius 3 is 2.88 bits per heavy atom. The summed E-state index contributed by atoms with van der Waals surface area (Å²) in [6.07, 6.45) is 4.92. The Balaban J connectivity index is 1.49. The van der Waals surface area contributed by atoms with Crippen molar-refractivity contribution in [2.75, 3.05) is 32.0 Å². The first-order valence-electron chi connectivity index (χ1n) is 10.9. The van der Waals surface area contributed by atoms with Crippen LogP contribution in [0.15, 0.2) is 42.6 Å². The van der Waals surface area contributed by atoms with Gasteiger partial charge in [-0.15, -0.1) is 11.3 Å². The molecule has 3 aromatic rings. The number of likely N-dealkylation sites (N-methyl/N-ethyl adjacent to an activating group) is 1. The maximum absolute atomic E-state index is 14.0. The van der Waals surface area contributed by atoms with E-state index in [0.29, 0.717) is 6.04 Å². The number of thiophene rings is 1. The van der Waals surface area contributed by atoms with E-state index in [1.165, 1.54) is 23.2 Å². The molecule has 1 unspecified atom stereocenters. The lowest BCUT2D eigenvalue weighted by atomic mass is 10.0. The van der Waals surface area contributed by atoms with Crippen molar-refractivity contribution < 1.29 is 8.78 Å². The van der Waals surface area contributed by atoms with Gasteiger partial charge in [-0.1, -0.05) is 12.1 Å². The largest absolute Gasteiger partial charge is 0.366 e. The molecule has 0 radical (unpaired) electrons. The van der Waals surface area contributed by atoms with E-state index in [1.54, 1.807) is 23.5 Å². The number of benzene rings is 1. The van der Waals surface area contributed by atoms with Gasteiger partial charge in [0.2, 0.25) is 0 Å². The first kappa shape index (κ1) is 21.1. The number of hydrogen-bond acceptors (Lipinski definition) is 5. The average Bonchev–Trinajstić information content (AvgIpc) is 3.07. The molecule has 1 fully saturated rings. The SMILES string of the molecule is Cc1cc2c(s1)NC=c1cc(F)cnc1=C2N1CCN(C)C(CCc2cccc(F)c2)C1. The van der Waals surface area contributed by atoms with Crippen LogP contribution in [0.2, 0.25) is 0 Å². The van der Waals surface area contributed by atoms with Crippen molar-refractivity contribution in [3.8, 4) is 0 Å². The van der Waals surface area contributed by atoms with Crippen molar-refractivity contribution in [1.82, 2.24) is 14.8 Å². The summed E-state index contributed by atoms with van der Waals surface area (Å²) in [5.74, 6) is -0.525. The van der Waals surface area contributed by atoms with Crippen LogP contribution in [0, 0.1) is 18.6 Å². The van der Waals surface area contributed by atoms with Gasteiger partial charge in [-0.3, -0.25) is 9.88 Å². The molecule has 5 rings (SSSR count). The fourth-order valence-electron chi connectivity index (χ4n) is 4.64. The smallest absolute Gasteiger partial charge is 0.142 e. The van der Waals surface area contributed by atoms with E-state index in [-0.39, 0.29) is 11.6 Å². The molecule has 1 saturated heterocycles. The predicted octanol–water partition coefficient (Wildman–Crippen LogP) is 3.30. The maximum Gasteiger partial charge on any atom is 0.142 e. The molecule has 0 amide bonds. The van der Waals surface area contributed by atoms with Crippen molar-refractivity contribution >= 4 is 28.2 Å². The summed E-state index contributed by atoms with van der Waals surface area (Å²) in [6.45, 7) is 4.73. The third-order valence-electron chi connectivity index (χ3n) is 6.33. The zero-order chi connectivity index (χ0) is 22.2. The molecule has 7 heteroatoms. The van der Waals surface area contributed by atoms with E-state index in [1.807, 2.05) is 12.3 Å². The topological polar surface area (TPSA) is 31.4 Å². The molecule has 4 nitrogen and oxygen atoms in total. The van der Waals surface area contributed by atoms with Crippen LogP contribution in [-0.4, -0.2) is 47.5 Å². The van der Waals surface area contributed by atoms with E-state index in [0.717, 1.165) is 64.9 Å². The molecule has 1 aromatic carbocycles. The van der Waals surface area contributed by atoms with Gasteiger partial charge in [0.15, 0.2) is 0 Å². The maximum atomic E-state index is 14.0. The van der Waals surface area contributed by atoms with Crippen LogP contribution in [0.4, 0.5) is 13.8 Å². The van der Waals surface area contributed by atoms with Crippen LogP contribution in [0.25, 0.3) is 11.9 Å². The van der Waals surface area contributed by atoms with Gasteiger partial charge in [-0.2, -0.15) is 0 Å². The Morgan fingerprint density at radius 1 is 1.16 bits per heavy atom. The summed E-state index contributed by atoms with van der Waals surface area (Å²) in [5.41, 5.74) is 3.20. The molecule has 4 heterocycles. The number of aromatic nitrogens is 1. The number of aryl methyl sites for hydroxylation is 2. The van der Waals surface area contributed by atoms with Crippen LogP contribution >= 0.6 is 11.3 Å². The Morgan fingerprint density at radius 2 is 2.03 bits per heavy atom. The second-order valence-electron chi connectivity index (χ2n) is 8.58. The molecule has 0 bridgehead atoms. The Hall–Kier alpha value is -2.77. The number of pyridine rings is 1. The molecular formula is C25H26F2N4S. The van der Waals surface area contributed by atoms with Crippen molar-refractivity contribution in [2.45, 2.75) is 25.8 Å². The van der Waals surface area contributed by atoms with Crippen molar-refractivity contribution in [3.05, 3.63) is 80.8 Å². The molecule has 166 valence electrons. The van der Waals surface area contributed by atoms with E-state index in [9.17, 15) is 8.78 Å². The number of nitrogens with zero attached hydrogens (tertiary/aromatic N) is 3. The Kier molecular flexibility index (Phi) is 5.69. The van der Waals surface area contributed by atoms with E-state index in [2.05, 4.69) is 40.1 Å². The summed E-state index contributed by atoms with van der Waals surface area (Å²) in [4.78, 5) is 10.5. The van der Waals surface area contributed by atoms with E-state index in [4.69, 9.17) is 0 Å². The van der Waals surface area contributed by atoms with Gasteiger partial charge in [-0.25, -0.2) is 8.78 Å². The summed E-state index contributed by atoms with van der Waals surface area (Å²) < 4.78 is 27.6. The third kappa shape index (κ3) is 4.14. The van der Waals surface area contributed by atoms with Crippen molar-refractivity contribution in [2.24, 2.45) is 0 Å². The molecule has 2 aliphatic rings. The van der Waals surface area contributed by atoms with Gasteiger partial charge in [0.1, 0.15) is 16.6 Å². The number of anilines is 1. The summed E-state index contributed by atoms with van der Waals surface area (Å²) in [5, 5.41) is 5.99. The highest BCUT2D eigenvalue weighted by Crippen LogP contribution is 2.35. The summed E-state index contributed by atoms with van der Waals surface area (Å²) >= 11 is 1.70. The average molecular weight is 453 g/mol. The standard InChI is InChI=1S/C25H26F2N4S/c1-16-10-22-24(23-18(12-20(27)14-28-23)13-29-25(22)32-16)31-9-8-30(2)21(15-31)7-6-17-4-3-5-19(26)11-17/h3-5,10-14,21,29H,6-9,15H2,1-2H3. The Labute approximate surface area is 190 Å². The van der Waals surface area contributed by atoms with Gasteiger partial charge in [0.25, 0.3) is 0 Å². The normalized spacial score (nSPS) is 18.4. The molecular weight excluding hydrogens is 426 g/mol. The third-order valence-corrected chi connectivity index (χ3v) is 7.31. The molecule has 32 heavy (non-hydrogen) atoms. The van der Waals surface area contributed by atoms with Crippen LogP contribution in [-0.2, 0) is 6.42 Å². The van der Waals surface area contributed by atoms with Gasteiger partial charge < -0.3 is 10.2 Å². The van der Waals surface area contributed by atoms with Crippen LogP contribution in [0.5, 0.6) is 0 Å². The minimum atomic E-state index is -0.339. The second kappa shape index (κ2) is 8.64. The monoisotopic (exact) mass is 452 g/mol. The molecule has 2 aliphatic heterocycles. The Bertz CT molecular complexity index is 1270. The lowest BCUT2D eigenvalue weighted by molar-refractivity contribution is 0.128. The van der Waals surface area contributed by atoms with Gasteiger partial charge in [-0.05, 0) is 56.6 Å². The predicted molar refractivity (Wildman–Crippen MR) is 126 cm³/mol. The van der Waals surface area contributed by atoms with E-state index >= 15 is 0 Å². The minimum absolute atomic E-state index is 0.186. The highest BCUT2D eigenvalue weighted by Gasteiger charge is 2.29. The highest BCUT2D eigenvalue weighted by molar-refractivity contribution is 7.16. The van der Waals surface area contributed by atoms with Crippen LogP contribution in [0.1, 0.15) is 22.4 Å². The molecule has 0 spiro atoms. The first-order valence-corrected chi connectivity index (χ1v) is 11.7.